The van der Waals surface area contributed by atoms with Crippen LogP contribution in [0.2, 0.25) is 0 Å². The summed E-state index contributed by atoms with van der Waals surface area (Å²) in [5, 5.41) is 12.0. The second-order valence-corrected chi connectivity index (χ2v) is 6.93. The maximum absolute atomic E-state index is 12.0. The molecule has 1 aliphatic rings. The summed E-state index contributed by atoms with van der Waals surface area (Å²) in [5.41, 5.74) is 6.06. The van der Waals surface area contributed by atoms with Crippen LogP contribution in [0.4, 0.5) is 5.69 Å². The lowest BCUT2D eigenvalue weighted by molar-refractivity contribution is 0.0939. The molecule has 1 atom stereocenters. The van der Waals surface area contributed by atoms with Gasteiger partial charge in [-0.15, -0.1) is 0 Å². The molecule has 1 unspecified atom stereocenters. The van der Waals surface area contributed by atoms with Crippen LogP contribution in [0, 0.1) is 0 Å². The number of nitrogens with one attached hydrogen (secondary N) is 1. The number of phenolic OH excluding ortho intramolecular Hbond substituents is 1. The Morgan fingerprint density at radius 1 is 1.42 bits per heavy atom. The summed E-state index contributed by atoms with van der Waals surface area (Å²) in [5.74, 6) is -0.392. The van der Waals surface area contributed by atoms with Crippen LogP contribution in [0.1, 0.15) is 23.2 Å². The molecule has 0 aliphatic carbocycles. The molecule has 104 valence electrons. The summed E-state index contributed by atoms with van der Waals surface area (Å²) < 4.78 is 23.0. The average molecular weight is 284 g/mol. The zero-order valence-corrected chi connectivity index (χ0v) is 11.1. The van der Waals surface area contributed by atoms with Crippen molar-refractivity contribution in [2.75, 3.05) is 17.2 Å². The van der Waals surface area contributed by atoms with E-state index in [0.717, 1.165) is 0 Å². The van der Waals surface area contributed by atoms with Crippen LogP contribution < -0.4 is 11.1 Å². The zero-order chi connectivity index (χ0) is 14.0. The summed E-state index contributed by atoms with van der Waals surface area (Å²) in [6.07, 6.45) is 1.17. The van der Waals surface area contributed by atoms with Crippen molar-refractivity contribution in [2.45, 2.75) is 18.9 Å². The van der Waals surface area contributed by atoms with Crippen molar-refractivity contribution in [2.24, 2.45) is 0 Å². The number of nitrogen functional groups attached to an aromatic ring is 1. The summed E-state index contributed by atoms with van der Waals surface area (Å²) in [4.78, 5) is 12.0. The molecular weight excluding hydrogens is 268 g/mol. The fraction of sp³-hybridized carbons (Fsp3) is 0.417. The Hall–Kier alpha value is -1.76. The third-order valence-corrected chi connectivity index (χ3v) is 4.90. The molecular formula is C12H16N2O4S. The lowest BCUT2D eigenvalue weighted by Crippen LogP contribution is -2.43. The van der Waals surface area contributed by atoms with E-state index in [0.29, 0.717) is 12.8 Å². The van der Waals surface area contributed by atoms with Gasteiger partial charge in [0, 0.05) is 11.7 Å². The first-order chi connectivity index (χ1) is 8.87. The molecule has 1 fully saturated rings. The molecule has 1 amide bonds. The number of benzene rings is 1. The van der Waals surface area contributed by atoms with E-state index in [4.69, 9.17) is 5.73 Å². The van der Waals surface area contributed by atoms with Crippen LogP contribution in [0.15, 0.2) is 18.2 Å². The second-order valence-electron chi connectivity index (χ2n) is 4.70. The first-order valence-corrected chi connectivity index (χ1v) is 7.79. The number of phenols is 1. The molecule has 19 heavy (non-hydrogen) atoms. The minimum absolute atomic E-state index is 0.0442. The predicted molar refractivity (Wildman–Crippen MR) is 71.7 cm³/mol. The topological polar surface area (TPSA) is 109 Å². The van der Waals surface area contributed by atoms with Gasteiger partial charge < -0.3 is 16.2 Å². The van der Waals surface area contributed by atoms with Gasteiger partial charge in [0.2, 0.25) is 0 Å². The van der Waals surface area contributed by atoms with E-state index in [1.165, 1.54) is 18.2 Å². The lowest BCUT2D eigenvalue weighted by Gasteiger charge is -2.23. The van der Waals surface area contributed by atoms with Crippen LogP contribution in [0.3, 0.4) is 0 Å². The summed E-state index contributed by atoms with van der Waals surface area (Å²) in [6, 6.07) is 3.69. The minimum Gasteiger partial charge on any atom is -0.508 e. The minimum atomic E-state index is -3.07. The molecule has 1 saturated heterocycles. The van der Waals surface area contributed by atoms with Gasteiger partial charge in [0.15, 0.2) is 9.84 Å². The molecule has 1 aromatic carbocycles. The Labute approximate surface area is 111 Å². The van der Waals surface area contributed by atoms with Crippen molar-refractivity contribution >= 4 is 21.4 Å². The maximum atomic E-state index is 12.0. The van der Waals surface area contributed by atoms with Gasteiger partial charge in [-0.25, -0.2) is 8.42 Å². The smallest absolute Gasteiger partial charge is 0.253 e. The molecule has 0 radical (unpaired) electrons. The van der Waals surface area contributed by atoms with E-state index in [9.17, 15) is 18.3 Å². The number of carbonyl (C=O) groups is 1. The van der Waals surface area contributed by atoms with Crippen LogP contribution in [0.25, 0.3) is 0 Å². The zero-order valence-electron chi connectivity index (χ0n) is 10.3. The van der Waals surface area contributed by atoms with Crippen LogP contribution in [-0.4, -0.2) is 37.0 Å². The van der Waals surface area contributed by atoms with Gasteiger partial charge in [0.25, 0.3) is 5.91 Å². The van der Waals surface area contributed by atoms with E-state index in [-0.39, 0.29) is 28.5 Å². The number of hydrogen-bond acceptors (Lipinski definition) is 5. The molecule has 6 nitrogen and oxygen atoms in total. The van der Waals surface area contributed by atoms with Gasteiger partial charge >= 0.3 is 0 Å². The van der Waals surface area contributed by atoms with Gasteiger partial charge in [0.1, 0.15) is 5.75 Å². The monoisotopic (exact) mass is 284 g/mol. The summed E-state index contributed by atoms with van der Waals surface area (Å²) in [7, 11) is -3.07. The Bertz CT molecular complexity index is 598. The molecule has 0 spiro atoms. The van der Waals surface area contributed by atoms with Crippen molar-refractivity contribution in [3.8, 4) is 5.75 Å². The van der Waals surface area contributed by atoms with Crippen molar-refractivity contribution in [1.29, 1.82) is 0 Å². The van der Waals surface area contributed by atoms with E-state index in [2.05, 4.69) is 5.32 Å². The maximum Gasteiger partial charge on any atom is 0.253 e. The Kier molecular flexibility index (Phi) is 3.66. The number of aromatic hydroxyl groups is 1. The number of sulfone groups is 1. The molecule has 0 saturated carbocycles. The molecule has 0 bridgehead atoms. The third kappa shape index (κ3) is 3.37. The standard InChI is InChI=1S/C12H16N2O4S/c13-11-4-3-9(15)6-10(11)12(16)14-8-2-1-5-19(17,18)7-8/h3-4,6,8,15H,1-2,5,7,13H2,(H,14,16). The van der Waals surface area contributed by atoms with E-state index < -0.39 is 21.8 Å². The fourth-order valence-electron chi connectivity index (χ4n) is 2.14. The Balaban J connectivity index is 2.11. The largest absolute Gasteiger partial charge is 0.508 e. The molecule has 7 heteroatoms. The number of amides is 1. The SMILES string of the molecule is Nc1ccc(O)cc1C(=O)NC1CCCS(=O)(=O)C1. The van der Waals surface area contributed by atoms with E-state index in [1.54, 1.807) is 0 Å². The number of hydrogen-bond donors (Lipinski definition) is 3. The van der Waals surface area contributed by atoms with Crippen LogP contribution in [-0.2, 0) is 9.84 Å². The van der Waals surface area contributed by atoms with Gasteiger partial charge in [-0.2, -0.15) is 0 Å². The highest BCUT2D eigenvalue weighted by molar-refractivity contribution is 7.91. The summed E-state index contributed by atoms with van der Waals surface area (Å²) in [6.45, 7) is 0. The summed E-state index contributed by atoms with van der Waals surface area (Å²) >= 11 is 0. The first kappa shape index (κ1) is 13.7. The van der Waals surface area contributed by atoms with Crippen LogP contribution >= 0.6 is 0 Å². The van der Waals surface area contributed by atoms with Gasteiger partial charge in [-0.05, 0) is 31.0 Å². The normalized spacial score (nSPS) is 21.8. The molecule has 2 rings (SSSR count). The highest BCUT2D eigenvalue weighted by atomic mass is 32.2. The first-order valence-electron chi connectivity index (χ1n) is 5.97. The van der Waals surface area contributed by atoms with Gasteiger partial charge in [-0.1, -0.05) is 0 Å². The van der Waals surface area contributed by atoms with Crippen molar-refractivity contribution in [1.82, 2.24) is 5.32 Å². The molecule has 4 N–H and O–H groups in total. The molecule has 1 heterocycles. The fourth-order valence-corrected chi connectivity index (χ4v) is 3.78. The highest BCUT2D eigenvalue weighted by Crippen LogP contribution is 2.19. The predicted octanol–water partition coefficient (Wildman–Crippen LogP) is 0.281. The molecule has 1 aromatic rings. The molecule has 1 aliphatic heterocycles. The quantitative estimate of drug-likeness (QED) is 0.534. The van der Waals surface area contributed by atoms with E-state index in [1.807, 2.05) is 0 Å². The number of rotatable bonds is 2. The average Bonchev–Trinajstić information content (AvgIpc) is 2.31. The Morgan fingerprint density at radius 2 is 2.16 bits per heavy atom. The third-order valence-electron chi connectivity index (χ3n) is 3.08. The number of anilines is 1. The van der Waals surface area contributed by atoms with Gasteiger partial charge in [0.05, 0.1) is 17.1 Å². The number of carbonyl (C=O) groups excluding carboxylic acids is 1. The van der Waals surface area contributed by atoms with Crippen molar-refractivity contribution < 1.29 is 18.3 Å². The van der Waals surface area contributed by atoms with Gasteiger partial charge in [-0.3, -0.25) is 4.79 Å². The Morgan fingerprint density at radius 3 is 2.84 bits per heavy atom. The second kappa shape index (κ2) is 5.08. The highest BCUT2D eigenvalue weighted by Gasteiger charge is 2.26. The van der Waals surface area contributed by atoms with Crippen molar-refractivity contribution in [3.05, 3.63) is 23.8 Å². The van der Waals surface area contributed by atoms with E-state index >= 15 is 0 Å². The van der Waals surface area contributed by atoms with Crippen LogP contribution in [0.5, 0.6) is 5.75 Å². The lowest BCUT2D eigenvalue weighted by atomic mass is 10.1. The number of nitrogens with two attached hydrogens (primary N) is 1. The van der Waals surface area contributed by atoms with Crippen molar-refractivity contribution in [3.63, 3.8) is 0 Å². The molecule has 0 aromatic heterocycles.